The zero-order valence-corrected chi connectivity index (χ0v) is 19.4. The van der Waals surface area contributed by atoms with Crippen LogP contribution < -0.4 is 5.32 Å². The first-order chi connectivity index (χ1) is 14.9. The maximum absolute atomic E-state index is 12.4. The molecule has 166 valence electrons. The van der Waals surface area contributed by atoms with Gasteiger partial charge in [-0.05, 0) is 77.1 Å². The van der Waals surface area contributed by atoms with E-state index in [1.165, 1.54) is 38.9 Å². The summed E-state index contributed by atoms with van der Waals surface area (Å²) in [5.41, 5.74) is 9.60. The van der Waals surface area contributed by atoms with Gasteiger partial charge in [-0.15, -0.1) is 0 Å². The third-order valence-electron chi connectivity index (χ3n) is 7.34. The summed E-state index contributed by atoms with van der Waals surface area (Å²) in [4.78, 5) is 14.3. The van der Waals surface area contributed by atoms with Gasteiger partial charge < -0.3 is 15.3 Å². The second-order valence-corrected chi connectivity index (χ2v) is 9.72. The summed E-state index contributed by atoms with van der Waals surface area (Å²) < 4.78 is 0. The van der Waals surface area contributed by atoms with Crippen LogP contribution in [0, 0.1) is 6.92 Å². The summed E-state index contributed by atoms with van der Waals surface area (Å²) in [5.74, 6) is 0.968. The first kappa shape index (κ1) is 22.0. The van der Waals surface area contributed by atoms with Crippen molar-refractivity contribution < 1.29 is 9.90 Å². The Morgan fingerprint density at radius 1 is 1.19 bits per heavy atom. The molecule has 0 saturated carbocycles. The second kappa shape index (κ2) is 9.13. The molecule has 2 aromatic rings. The standard InChI is InChI=1S/C27H36N2O2/c1-17(2)24-7-8-25-23(14-29(27(31)16-30)15-26(25)19(24)4)11-18(3)21-6-5-20-9-10-28-13-22(20)12-21/h5-8,12,17-18,23,28,30H,9-11,13-16H2,1-4H3. The summed E-state index contributed by atoms with van der Waals surface area (Å²) in [6.45, 7) is 11.8. The van der Waals surface area contributed by atoms with Gasteiger partial charge >= 0.3 is 0 Å². The van der Waals surface area contributed by atoms with Crippen molar-refractivity contribution in [3.63, 3.8) is 0 Å². The highest BCUT2D eigenvalue weighted by Gasteiger charge is 2.31. The lowest BCUT2D eigenvalue weighted by molar-refractivity contribution is -0.135. The van der Waals surface area contributed by atoms with Crippen molar-refractivity contribution in [3.8, 4) is 0 Å². The SMILES string of the molecule is Cc1c(C(C)C)ccc2c1CN(C(=O)CO)CC2CC(C)c1ccc2c(c1)CNCC2. The molecule has 4 heteroatoms. The minimum Gasteiger partial charge on any atom is -0.387 e. The fraction of sp³-hybridized carbons (Fsp3) is 0.519. The Hall–Kier alpha value is -2.17. The molecule has 0 fully saturated rings. The molecule has 0 spiro atoms. The zero-order chi connectivity index (χ0) is 22.1. The third kappa shape index (κ3) is 4.42. The molecule has 2 N–H and O–H groups in total. The van der Waals surface area contributed by atoms with Gasteiger partial charge in [0.2, 0.25) is 5.91 Å². The van der Waals surface area contributed by atoms with Crippen molar-refractivity contribution >= 4 is 5.91 Å². The highest BCUT2D eigenvalue weighted by atomic mass is 16.3. The number of fused-ring (bicyclic) bond motifs is 2. The lowest BCUT2D eigenvalue weighted by atomic mass is 9.78. The summed E-state index contributed by atoms with van der Waals surface area (Å²) in [6, 6.07) is 11.6. The number of hydrogen-bond donors (Lipinski definition) is 2. The number of carbonyl (C=O) groups excluding carboxylic acids is 1. The molecule has 0 aliphatic carbocycles. The van der Waals surface area contributed by atoms with Crippen LogP contribution in [0.15, 0.2) is 30.3 Å². The predicted octanol–water partition coefficient (Wildman–Crippen LogP) is 4.38. The number of hydrogen-bond acceptors (Lipinski definition) is 3. The van der Waals surface area contributed by atoms with Gasteiger partial charge in [0.05, 0.1) is 0 Å². The van der Waals surface area contributed by atoms with Crippen LogP contribution in [-0.2, 0) is 24.3 Å². The van der Waals surface area contributed by atoms with E-state index < -0.39 is 6.61 Å². The van der Waals surface area contributed by atoms with Crippen LogP contribution in [0.1, 0.15) is 83.9 Å². The van der Waals surface area contributed by atoms with E-state index in [0.717, 1.165) is 25.9 Å². The zero-order valence-electron chi connectivity index (χ0n) is 19.4. The summed E-state index contributed by atoms with van der Waals surface area (Å²) in [6.07, 6.45) is 2.10. The molecule has 0 radical (unpaired) electrons. The Labute approximate surface area is 186 Å². The van der Waals surface area contributed by atoms with E-state index in [0.29, 0.717) is 24.9 Å². The Balaban J connectivity index is 1.64. The number of nitrogens with one attached hydrogen (secondary N) is 1. The molecule has 2 unspecified atom stereocenters. The van der Waals surface area contributed by atoms with Crippen LogP contribution in [-0.4, -0.2) is 35.6 Å². The number of aliphatic hydroxyl groups excluding tert-OH is 1. The van der Waals surface area contributed by atoms with Crippen LogP contribution in [0.5, 0.6) is 0 Å². The van der Waals surface area contributed by atoms with E-state index in [9.17, 15) is 9.90 Å². The first-order valence-corrected chi connectivity index (χ1v) is 11.7. The van der Waals surface area contributed by atoms with Crippen molar-refractivity contribution in [2.24, 2.45) is 0 Å². The molecule has 2 heterocycles. The molecule has 0 aromatic heterocycles. The molecule has 4 rings (SSSR count). The van der Waals surface area contributed by atoms with E-state index in [1.54, 1.807) is 0 Å². The Bertz CT molecular complexity index is 966. The molecule has 0 bridgehead atoms. The van der Waals surface area contributed by atoms with Crippen molar-refractivity contribution in [1.29, 1.82) is 0 Å². The van der Waals surface area contributed by atoms with Crippen molar-refractivity contribution in [2.75, 3.05) is 19.7 Å². The molecular formula is C27H36N2O2. The minimum absolute atomic E-state index is 0.169. The monoisotopic (exact) mass is 420 g/mol. The van der Waals surface area contributed by atoms with Crippen LogP contribution >= 0.6 is 0 Å². The number of rotatable bonds is 5. The Morgan fingerprint density at radius 2 is 2.00 bits per heavy atom. The molecule has 2 aromatic carbocycles. The molecule has 2 atom stereocenters. The van der Waals surface area contributed by atoms with Gasteiger partial charge in [-0.2, -0.15) is 0 Å². The average molecular weight is 421 g/mol. The second-order valence-electron chi connectivity index (χ2n) is 9.72. The molecule has 1 amide bonds. The van der Waals surface area contributed by atoms with E-state index in [2.05, 4.69) is 63.3 Å². The Morgan fingerprint density at radius 3 is 2.74 bits per heavy atom. The number of benzene rings is 2. The predicted molar refractivity (Wildman–Crippen MR) is 125 cm³/mol. The van der Waals surface area contributed by atoms with Gasteiger partial charge in [-0.1, -0.05) is 51.1 Å². The first-order valence-electron chi connectivity index (χ1n) is 11.7. The minimum atomic E-state index is -0.418. The molecule has 31 heavy (non-hydrogen) atoms. The third-order valence-corrected chi connectivity index (χ3v) is 7.34. The molecule has 4 nitrogen and oxygen atoms in total. The highest BCUT2D eigenvalue weighted by Crippen LogP contribution is 2.39. The quantitative estimate of drug-likeness (QED) is 0.755. The van der Waals surface area contributed by atoms with E-state index in [1.807, 2.05) is 4.90 Å². The highest BCUT2D eigenvalue weighted by molar-refractivity contribution is 5.77. The van der Waals surface area contributed by atoms with Crippen molar-refractivity contribution in [1.82, 2.24) is 10.2 Å². The lowest BCUT2D eigenvalue weighted by Gasteiger charge is -2.37. The number of carbonyl (C=O) groups is 1. The molecule has 2 aliphatic heterocycles. The van der Waals surface area contributed by atoms with Crippen molar-refractivity contribution in [3.05, 3.63) is 69.3 Å². The topological polar surface area (TPSA) is 52.6 Å². The molecular weight excluding hydrogens is 384 g/mol. The van der Waals surface area contributed by atoms with E-state index in [-0.39, 0.29) is 11.8 Å². The fourth-order valence-electron chi connectivity index (χ4n) is 5.49. The van der Waals surface area contributed by atoms with Gasteiger partial charge in [0.15, 0.2) is 0 Å². The van der Waals surface area contributed by atoms with Crippen LogP contribution in [0.2, 0.25) is 0 Å². The average Bonchev–Trinajstić information content (AvgIpc) is 2.78. The van der Waals surface area contributed by atoms with Gasteiger partial charge in [-0.25, -0.2) is 0 Å². The van der Waals surface area contributed by atoms with Gasteiger partial charge in [-0.3, -0.25) is 4.79 Å². The fourth-order valence-corrected chi connectivity index (χ4v) is 5.49. The van der Waals surface area contributed by atoms with E-state index in [4.69, 9.17) is 0 Å². The maximum Gasteiger partial charge on any atom is 0.248 e. The van der Waals surface area contributed by atoms with Crippen LogP contribution in [0.4, 0.5) is 0 Å². The number of aliphatic hydroxyl groups is 1. The molecule has 2 aliphatic rings. The van der Waals surface area contributed by atoms with E-state index >= 15 is 0 Å². The maximum atomic E-state index is 12.4. The van der Waals surface area contributed by atoms with Crippen molar-refractivity contribution in [2.45, 2.75) is 71.4 Å². The smallest absolute Gasteiger partial charge is 0.248 e. The van der Waals surface area contributed by atoms with Crippen LogP contribution in [0.3, 0.4) is 0 Å². The van der Waals surface area contributed by atoms with Gasteiger partial charge in [0, 0.05) is 25.6 Å². The summed E-state index contributed by atoms with van der Waals surface area (Å²) in [7, 11) is 0. The van der Waals surface area contributed by atoms with Gasteiger partial charge in [0.25, 0.3) is 0 Å². The largest absolute Gasteiger partial charge is 0.387 e. The Kier molecular flexibility index (Phi) is 6.49. The number of nitrogens with zero attached hydrogens (tertiary/aromatic N) is 1. The molecule has 0 saturated heterocycles. The normalized spacial score (nSPS) is 19.2. The number of amides is 1. The summed E-state index contributed by atoms with van der Waals surface area (Å²) >= 11 is 0. The van der Waals surface area contributed by atoms with Crippen LogP contribution in [0.25, 0.3) is 0 Å². The van der Waals surface area contributed by atoms with Gasteiger partial charge in [0.1, 0.15) is 6.61 Å². The lowest BCUT2D eigenvalue weighted by Crippen LogP contribution is -2.40. The summed E-state index contributed by atoms with van der Waals surface area (Å²) in [5, 5.41) is 13.0.